The Morgan fingerprint density at radius 2 is 1.56 bits per heavy atom. The highest BCUT2D eigenvalue weighted by Crippen LogP contribution is 2.46. The molecule has 0 aliphatic heterocycles. The van der Waals surface area contributed by atoms with E-state index in [0.717, 1.165) is 24.1 Å². The molecule has 1 aliphatic carbocycles. The van der Waals surface area contributed by atoms with Crippen LogP contribution in [0.25, 0.3) is 0 Å². The van der Waals surface area contributed by atoms with E-state index >= 15 is 0 Å². The fraction of sp³-hybridized carbons (Fsp3) is 0.667. The number of benzene rings is 1. The van der Waals surface area contributed by atoms with Gasteiger partial charge in [-0.3, -0.25) is 0 Å². The van der Waals surface area contributed by atoms with Crippen molar-refractivity contribution < 1.29 is 0 Å². The van der Waals surface area contributed by atoms with E-state index in [1.54, 1.807) is 5.56 Å². The quantitative estimate of drug-likeness (QED) is 0.326. The molecule has 0 aromatic heterocycles. The predicted molar refractivity (Wildman–Crippen MR) is 120 cm³/mol. The molecule has 0 saturated heterocycles. The second-order valence-corrected chi connectivity index (χ2v) is 7.35. The highest BCUT2D eigenvalue weighted by molar-refractivity contribution is 9.09. The van der Waals surface area contributed by atoms with Gasteiger partial charge in [0.25, 0.3) is 0 Å². The molecule has 0 nitrogen and oxygen atoms in total. The molecule has 1 aromatic rings. The van der Waals surface area contributed by atoms with Crippen LogP contribution < -0.4 is 0 Å². The molecular formula is C24H41Br. The lowest BCUT2D eigenvalue weighted by molar-refractivity contribution is 0.243. The normalized spacial score (nSPS) is 22.1. The van der Waals surface area contributed by atoms with Gasteiger partial charge in [-0.1, -0.05) is 93.9 Å². The Hall–Kier alpha value is -0.560. The maximum absolute atomic E-state index is 4.28. The summed E-state index contributed by atoms with van der Waals surface area (Å²) in [6.07, 6.45) is 8.78. The summed E-state index contributed by atoms with van der Waals surface area (Å²) in [5.74, 6) is 0.758. The van der Waals surface area contributed by atoms with E-state index in [1.165, 1.54) is 43.2 Å². The number of rotatable bonds is 6. The fourth-order valence-electron chi connectivity index (χ4n) is 3.83. The van der Waals surface area contributed by atoms with E-state index in [-0.39, 0.29) is 0 Å². The zero-order valence-electron chi connectivity index (χ0n) is 17.6. The van der Waals surface area contributed by atoms with Crippen LogP contribution in [-0.4, -0.2) is 5.33 Å². The summed E-state index contributed by atoms with van der Waals surface area (Å²) in [5, 5.41) is 1.10. The van der Waals surface area contributed by atoms with Gasteiger partial charge < -0.3 is 0 Å². The molecular weight excluding hydrogens is 368 g/mol. The van der Waals surface area contributed by atoms with Crippen molar-refractivity contribution in [3.63, 3.8) is 0 Å². The smallest absolute Gasteiger partial charge is 0.00397 e. The van der Waals surface area contributed by atoms with Crippen molar-refractivity contribution >= 4 is 15.9 Å². The van der Waals surface area contributed by atoms with Crippen LogP contribution in [0.4, 0.5) is 0 Å². The van der Waals surface area contributed by atoms with Gasteiger partial charge in [0.15, 0.2) is 0 Å². The molecule has 0 radical (unpaired) electrons. The van der Waals surface area contributed by atoms with E-state index in [9.17, 15) is 0 Å². The molecule has 1 saturated carbocycles. The van der Waals surface area contributed by atoms with Crippen molar-refractivity contribution in [1.29, 1.82) is 0 Å². The molecule has 0 unspecified atom stereocenters. The average Bonchev–Trinajstić information content (AvgIpc) is 2.71. The van der Waals surface area contributed by atoms with Crippen molar-refractivity contribution in [1.82, 2.24) is 0 Å². The van der Waals surface area contributed by atoms with Crippen LogP contribution in [0.2, 0.25) is 0 Å². The summed E-state index contributed by atoms with van der Waals surface area (Å²) in [7, 11) is 0. The summed E-state index contributed by atoms with van der Waals surface area (Å²) in [4.78, 5) is 0. The number of halogens is 1. The lowest BCUT2D eigenvalue weighted by Crippen LogP contribution is -2.32. The fourth-order valence-corrected chi connectivity index (χ4v) is 4.58. The number of hydrogen-bond acceptors (Lipinski definition) is 0. The van der Waals surface area contributed by atoms with Gasteiger partial charge in [-0.25, -0.2) is 0 Å². The molecule has 1 heteroatoms. The molecule has 0 heterocycles. The van der Waals surface area contributed by atoms with E-state index in [2.05, 4.69) is 60.6 Å². The third-order valence-corrected chi connectivity index (χ3v) is 5.92. The van der Waals surface area contributed by atoms with Crippen molar-refractivity contribution in [2.45, 2.75) is 91.9 Å². The minimum atomic E-state index is 0.389. The molecule has 2 rings (SSSR count). The first-order chi connectivity index (χ1) is 12.1. The second-order valence-electron chi connectivity index (χ2n) is 6.56. The standard InChI is InChI=1S/C20H29Br.2C2H6/c1-4-16(3)18-10-12-20(13-11-18,14-15-21)19-8-6-17(5-2)7-9-19;2*1-2/h6-9,18H,3-5,10-15H2,1-2H3;2*1-2H3. The summed E-state index contributed by atoms with van der Waals surface area (Å²) >= 11 is 3.69. The first-order valence-electron chi connectivity index (χ1n) is 10.5. The molecule has 1 aromatic carbocycles. The highest BCUT2D eigenvalue weighted by Gasteiger charge is 2.36. The van der Waals surface area contributed by atoms with E-state index in [4.69, 9.17) is 0 Å². The Balaban J connectivity index is 0.00000134. The van der Waals surface area contributed by atoms with Crippen LogP contribution in [0.1, 0.15) is 91.2 Å². The Morgan fingerprint density at radius 1 is 1.04 bits per heavy atom. The number of aryl methyl sites for hydroxylation is 1. The van der Waals surface area contributed by atoms with Crippen molar-refractivity contribution in [2.75, 3.05) is 5.33 Å². The molecule has 0 bridgehead atoms. The third-order valence-electron chi connectivity index (χ3n) is 5.52. The highest BCUT2D eigenvalue weighted by atomic mass is 79.9. The van der Waals surface area contributed by atoms with Gasteiger partial charge in [0, 0.05) is 5.33 Å². The third kappa shape index (κ3) is 6.93. The lowest BCUT2D eigenvalue weighted by Gasteiger charge is -2.41. The van der Waals surface area contributed by atoms with Crippen LogP contribution >= 0.6 is 15.9 Å². The topological polar surface area (TPSA) is 0 Å². The van der Waals surface area contributed by atoms with Gasteiger partial charge in [-0.15, -0.1) is 0 Å². The summed E-state index contributed by atoms with van der Waals surface area (Å²) in [5.41, 5.74) is 4.85. The van der Waals surface area contributed by atoms with Gasteiger partial charge in [-0.2, -0.15) is 0 Å². The largest absolute Gasteiger partial charge is 0.0996 e. The van der Waals surface area contributed by atoms with Gasteiger partial charge >= 0.3 is 0 Å². The first-order valence-corrected chi connectivity index (χ1v) is 11.6. The Bertz CT molecular complexity index is 449. The zero-order chi connectivity index (χ0) is 19.3. The molecule has 0 atom stereocenters. The minimum Gasteiger partial charge on any atom is -0.0996 e. The monoisotopic (exact) mass is 408 g/mol. The molecule has 0 spiro atoms. The Labute approximate surface area is 166 Å². The van der Waals surface area contributed by atoms with Crippen LogP contribution in [0, 0.1) is 5.92 Å². The van der Waals surface area contributed by atoms with Gasteiger partial charge in [0.2, 0.25) is 0 Å². The van der Waals surface area contributed by atoms with E-state index < -0.39 is 0 Å². The molecule has 0 amide bonds. The first kappa shape index (κ1) is 24.4. The summed E-state index contributed by atoms with van der Waals surface area (Å²) in [6.45, 7) is 16.7. The predicted octanol–water partition coefficient (Wildman–Crippen LogP) is 8.48. The molecule has 144 valence electrons. The van der Waals surface area contributed by atoms with Crippen molar-refractivity contribution in [2.24, 2.45) is 5.92 Å². The average molecular weight is 409 g/mol. The SMILES string of the molecule is C=C(CC)C1CCC(CCBr)(c2ccc(CC)cc2)CC1.CC.CC. The molecule has 1 aliphatic rings. The van der Waals surface area contributed by atoms with Gasteiger partial charge in [0.1, 0.15) is 0 Å². The molecule has 0 N–H and O–H groups in total. The maximum Gasteiger partial charge on any atom is 0.00397 e. The number of alkyl halides is 1. The Morgan fingerprint density at radius 3 is 1.96 bits per heavy atom. The second kappa shape index (κ2) is 13.6. The zero-order valence-corrected chi connectivity index (χ0v) is 19.2. The molecule has 1 fully saturated rings. The minimum absolute atomic E-state index is 0.389. The maximum atomic E-state index is 4.28. The van der Waals surface area contributed by atoms with Crippen LogP contribution in [0.5, 0.6) is 0 Å². The number of allylic oxidation sites excluding steroid dienone is 1. The Kier molecular flexibility index (Phi) is 13.3. The van der Waals surface area contributed by atoms with Crippen molar-refractivity contribution in [3.05, 3.63) is 47.5 Å². The lowest BCUT2D eigenvalue weighted by atomic mass is 9.64. The van der Waals surface area contributed by atoms with Gasteiger partial charge in [-0.05, 0) is 67.4 Å². The summed E-state index contributed by atoms with van der Waals surface area (Å²) in [6, 6.07) is 9.41. The van der Waals surface area contributed by atoms with Gasteiger partial charge in [0.05, 0.1) is 0 Å². The molecule has 25 heavy (non-hydrogen) atoms. The summed E-state index contributed by atoms with van der Waals surface area (Å²) < 4.78 is 0. The van der Waals surface area contributed by atoms with E-state index in [0.29, 0.717) is 5.41 Å². The number of hydrogen-bond donors (Lipinski definition) is 0. The van der Waals surface area contributed by atoms with Crippen LogP contribution in [-0.2, 0) is 11.8 Å². The van der Waals surface area contributed by atoms with Crippen LogP contribution in [0.3, 0.4) is 0 Å². The van der Waals surface area contributed by atoms with Crippen molar-refractivity contribution in [3.8, 4) is 0 Å². The van der Waals surface area contributed by atoms with Crippen LogP contribution in [0.15, 0.2) is 36.4 Å². The van der Waals surface area contributed by atoms with E-state index in [1.807, 2.05) is 27.7 Å².